The van der Waals surface area contributed by atoms with E-state index >= 15 is 0 Å². The van der Waals surface area contributed by atoms with Crippen molar-refractivity contribution in [3.05, 3.63) is 29.8 Å². The van der Waals surface area contributed by atoms with E-state index in [1.807, 2.05) is 24.3 Å². The first-order valence-corrected chi connectivity index (χ1v) is 8.37. The summed E-state index contributed by atoms with van der Waals surface area (Å²) in [6.45, 7) is 5.38. The number of hydrogen-bond donors (Lipinski definition) is 2. The molecule has 1 aromatic carbocycles. The molecule has 5 heteroatoms. The molecule has 0 saturated carbocycles. The van der Waals surface area contributed by atoms with Crippen molar-refractivity contribution < 1.29 is 14.6 Å². The zero-order chi connectivity index (χ0) is 16.8. The van der Waals surface area contributed by atoms with Gasteiger partial charge in [0.1, 0.15) is 5.75 Å². The number of β-amino-alcohol motifs (C(OH)–C–C–N with tert-alkyl or cyclic N) is 1. The summed E-state index contributed by atoms with van der Waals surface area (Å²) in [4.78, 5) is 14.3. The summed E-state index contributed by atoms with van der Waals surface area (Å²) in [7, 11) is 1.65. The highest BCUT2D eigenvalue weighted by atomic mass is 16.5. The molecule has 128 valence electrons. The number of ether oxygens (including phenoxy) is 1. The van der Waals surface area contributed by atoms with Crippen LogP contribution in [0.2, 0.25) is 0 Å². The van der Waals surface area contributed by atoms with E-state index in [0.717, 1.165) is 30.6 Å². The maximum atomic E-state index is 12.6. The first kappa shape index (κ1) is 17.6. The third-order valence-corrected chi connectivity index (χ3v) is 4.20. The summed E-state index contributed by atoms with van der Waals surface area (Å²) >= 11 is 0. The molecule has 1 aliphatic rings. The zero-order valence-electron chi connectivity index (χ0n) is 14.3. The van der Waals surface area contributed by atoms with Crippen molar-refractivity contribution in [1.82, 2.24) is 10.2 Å². The minimum atomic E-state index is -0.413. The van der Waals surface area contributed by atoms with Crippen LogP contribution in [0.15, 0.2) is 24.3 Å². The zero-order valence-corrected chi connectivity index (χ0v) is 14.3. The Kier molecular flexibility index (Phi) is 6.28. The van der Waals surface area contributed by atoms with Gasteiger partial charge < -0.3 is 20.1 Å². The Morgan fingerprint density at radius 2 is 2.17 bits per heavy atom. The first-order valence-electron chi connectivity index (χ1n) is 8.37. The summed E-state index contributed by atoms with van der Waals surface area (Å²) in [6, 6.07) is 7.59. The van der Waals surface area contributed by atoms with E-state index in [9.17, 15) is 9.90 Å². The Morgan fingerprint density at radius 1 is 1.43 bits per heavy atom. The van der Waals surface area contributed by atoms with E-state index in [2.05, 4.69) is 19.2 Å². The normalized spacial score (nSPS) is 19.5. The molecule has 1 aromatic rings. The molecule has 2 amide bonds. The highest BCUT2D eigenvalue weighted by Crippen LogP contribution is 2.29. The average molecular weight is 320 g/mol. The average Bonchev–Trinajstić information content (AvgIpc) is 2.53. The molecule has 2 atom stereocenters. The van der Waals surface area contributed by atoms with Crippen LogP contribution in [0.4, 0.5) is 4.79 Å². The van der Waals surface area contributed by atoms with Crippen molar-refractivity contribution in [1.29, 1.82) is 0 Å². The van der Waals surface area contributed by atoms with Gasteiger partial charge in [-0.1, -0.05) is 32.0 Å². The van der Waals surface area contributed by atoms with Gasteiger partial charge in [0.2, 0.25) is 0 Å². The molecule has 2 unspecified atom stereocenters. The Balaban J connectivity index is 2.13. The largest absolute Gasteiger partial charge is 0.496 e. The Morgan fingerprint density at radius 3 is 2.83 bits per heavy atom. The Labute approximate surface area is 138 Å². The number of amides is 2. The maximum absolute atomic E-state index is 12.6. The summed E-state index contributed by atoms with van der Waals surface area (Å²) in [5.41, 5.74) is 0.995. The number of aliphatic hydroxyl groups is 1. The number of likely N-dealkylation sites (tertiary alicyclic amines) is 1. The number of rotatable bonds is 5. The van der Waals surface area contributed by atoms with Gasteiger partial charge in [0.05, 0.1) is 19.3 Å². The van der Waals surface area contributed by atoms with Crippen molar-refractivity contribution in [3.8, 4) is 5.75 Å². The Hall–Kier alpha value is -1.75. The number of carbonyl (C=O) groups is 1. The van der Waals surface area contributed by atoms with Crippen LogP contribution in [0, 0.1) is 5.92 Å². The van der Waals surface area contributed by atoms with Crippen LogP contribution < -0.4 is 10.1 Å². The lowest BCUT2D eigenvalue weighted by Gasteiger charge is -2.32. The van der Waals surface area contributed by atoms with Gasteiger partial charge in [-0.15, -0.1) is 0 Å². The van der Waals surface area contributed by atoms with Crippen LogP contribution in [0.1, 0.15) is 44.7 Å². The summed E-state index contributed by atoms with van der Waals surface area (Å²) in [5, 5.41) is 12.9. The van der Waals surface area contributed by atoms with E-state index in [0.29, 0.717) is 19.0 Å². The molecule has 0 bridgehead atoms. The second-order valence-electron chi connectivity index (χ2n) is 6.62. The van der Waals surface area contributed by atoms with Crippen LogP contribution >= 0.6 is 0 Å². The van der Waals surface area contributed by atoms with Crippen molar-refractivity contribution in [2.45, 2.75) is 45.3 Å². The van der Waals surface area contributed by atoms with Gasteiger partial charge in [-0.3, -0.25) is 0 Å². The molecular weight excluding hydrogens is 292 g/mol. The predicted molar refractivity (Wildman–Crippen MR) is 90.5 cm³/mol. The lowest BCUT2D eigenvalue weighted by molar-refractivity contribution is 0.0830. The molecule has 0 aromatic heterocycles. The van der Waals surface area contributed by atoms with E-state index in [4.69, 9.17) is 4.74 Å². The number of nitrogens with one attached hydrogen (secondary N) is 1. The van der Waals surface area contributed by atoms with Crippen LogP contribution in [0.3, 0.4) is 0 Å². The number of aliphatic hydroxyl groups excluding tert-OH is 1. The molecule has 1 fully saturated rings. The van der Waals surface area contributed by atoms with Crippen molar-refractivity contribution in [2.24, 2.45) is 5.92 Å². The predicted octanol–water partition coefficient (Wildman–Crippen LogP) is 2.95. The molecule has 0 spiro atoms. The number of nitrogens with zero attached hydrogens (tertiary/aromatic N) is 1. The third-order valence-electron chi connectivity index (χ3n) is 4.20. The Bertz CT molecular complexity index is 519. The van der Waals surface area contributed by atoms with Crippen molar-refractivity contribution in [3.63, 3.8) is 0 Å². The summed E-state index contributed by atoms with van der Waals surface area (Å²) < 4.78 is 5.45. The number of methoxy groups -OCH3 is 1. The SMILES string of the molecule is COc1ccccc1C(CC(C)C)NC(=O)N1CCCC(O)C1. The van der Waals surface area contributed by atoms with Gasteiger partial charge in [0, 0.05) is 18.7 Å². The van der Waals surface area contributed by atoms with Gasteiger partial charge in [-0.05, 0) is 31.2 Å². The molecule has 1 saturated heterocycles. The second-order valence-corrected chi connectivity index (χ2v) is 6.62. The number of urea groups is 1. The standard InChI is InChI=1S/C18H28N2O3/c1-13(2)11-16(15-8-4-5-9-17(15)23-3)19-18(22)20-10-6-7-14(21)12-20/h4-5,8-9,13-14,16,21H,6-7,10-12H2,1-3H3,(H,19,22). The van der Waals surface area contributed by atoms with Crippen molar-refractivity contribution in [2.75, 3.05) is 20.2 Å². The summed E-state index contributed by atoms with van der Waals surface area (Å²) in [5.74, 6) is 1.23. The maximum Gasteiger partial charge on any atom is 0.317 e. The second kappa shape index (κ2) is 8.20. The number of benzene rings is 1. The first-order chi connectivity index (χ1) is 11.0. The smallest absolute Gasteiger partial charge is 0.317 e. The highest BCUT2D eigenvalue weighted by molar-refractivity contribution is 5.75. The molecule has 23 heavy (non-hydrogen) atoms. The monoisotopic (exact) mass is 320 g/mol. The quantitative estimate of drug-likeness (QED) is 0.877. The fraction of sp³-hybridized carbons (Fsp3) is 0.611. The molecule has 1 aliphatic heterocycles. The highest BCUT2D eigenvalue weighted by Gasteiger charge is 2.26. The molecule has 2 N–H and O–H groups in total. The molecule has 5 nitrogen and oxygen atoms in total. The van der Waals surface area contributed by atoms with Crippen LogP contribution in [0.5, 0.6) is 5.75 Å². The molecule has 1 heterocycles. The van der Waals surface area contributed by atoms with Gasteiger partial charge in [0.25, 0.3) is 0 Å². The molecule has 2 rings (SSSR count). The number of carbonyl (C=O) groups excluding carboxylic acids is 1. The number of piperidine rings is 1. The lowest BCUT2D eigenvalue weighted by Crippen LogP contribution is -2.48. The topological polar surface area (TPSA) is 61.8 Å². The minimum Gasteiger partial charge on any atom is -0.496 e. The van der Waals surface area contributed by atoms with Crippen molar-refractivity contribution >= 4 is 6.03 Å². The van der Waals surface area contributed by atoms with E-state index in [1.54, 1.807) is 12.0 Å². The molecular formula is C18H28N2O3. The van der Waals surface area contributed by atoms with E-state index in [1.165, 1.54) is 0 Å². The van der Waals surface area contributed by atoms with Gasteiger partial charge in [0.15, 0.2) is 0 Å². The van der Waals surface area contributed by atoms with Crippen LogP contribution in [-0.2, 0) is 0 Å². The molecule has 0 aliphatic carbocycles. The lowest BCUT2D eigenvalue weighted by atomic mass is 9.96. The van der Waals surface area contributed by atoms with Crippen LogP contribution in [-0.4, -0.2) is 42.3 Å². The molecule has 0 radical (unpaired) electrons. The third kappa shape index (κ3) is 4.86. The van der Waals surface area contributed by atoms with Gasteiger partial charge in [-0.2, -0.15) is 0 Å². The van der Waals surface area contributed by atoms with E-state index in [-0.39, 0.29) is 12.1 Å². The van der Waals surface area contributed by atoms with Crippen LogP contribution in [0.25, 0.3) is 0 Å². The van der Waals surface area contributed by atoms with E-state index < -0.39 is 6.10 Å². The minimum absolute atomic E-state index is 0.0993. The number of para-hydroxylation sites is 1. The van der Waals surface area contributed by atoms with Gasteiger partial charge >= 0.3 is 6.03 Å². The summed E-state index contributed by atoms with van der Waals surface area (Å²) in [6.07, 6.45) is 2.04. The fourth-order valence-electron chi connectivity index (χ4n) is 3.07. The number of hydrogen-bond acceptors (Lipinski definition) is 3. The fourth-order valence-corrected chi connectivity index (χ4v) is 3.07. The van der Waals surface area contributed by atoms with Gasteiger partial charge in [-0.25, -0.2) is 4.79 Å².